The van der Waals surface area contributed by atoms with Crippen molar-refractivity contribution in [1.82, 2.24) is 5.32 Å². The zero-order valence-corrected chi connectivity index (χ0v) is 8.34. The summed E-state index contributed by atoms with van der Waals surface area (Å²) >= 11 is 0. The van der Waals surface area contributed by atoms with Crippen LogP contribution in [-0.4, -0.2) is 5.54 Å². The van der Waals surface area contributed by atoms with E-state index in [0.29, 0.717) is 0 Å². The maximum atomic E-state index is 5.02. The van der Waals surface area contributed by atoms with E-state index in [0.717, 1.165) is 12.5 Å². The van der Waals surface area contributed by atoms with E-state index in [1.165, 1.54) is 18.4 Å². The van der Waals surface area contributed by atoms with Crippen LogP contribution in [0, 0.1) is 5.92 Å². The Morgan fingerprint density at radius 2 is 2.31 bits per heavy atom. The van der Waals surface area contributed by atoms with Crippen LogP contribution >= 0.6 is 0 Å². The van der Waals surface area contributed by atoms with Gasteiger partial charge in [0.15, 0.2) is 0 Å². The molecular formula is C11H17NO. The lowest BCUT2D eigenvalue weighted by Gasteiger charge is -2.25. The summed E-state index contributed by atoms with van der Waals surface area (Å²) in [5, 5.41) is 3.56. The Morgan fingerprint density at radius 3 is 2.85 bits per heavy atom. The Labute approximate surface area is 79.3 Å². The van der Waals surface area contributed by atoms with Crippen LogP contribution in [0.4, 0.5) is 0 Å². The molecule has 0 aromatic carbocycles. The number of hydrogen-bond donors (Lipinski definition) is 1. The van der Waals surface area contributed by atoms with Crippen molar-refractivity contribution < 1.29 is 4.42 Å². The first-order chi connectivity index (χ1) is 6.18. The van der Waals surface area contributed by atoms with E-state index >= 15 is 0 Å². The molecule has 13 heavy (non-hydrogen) atoms. The van der Waals surface area contributed by atoms with Gasteiger partial charge in [-0.1, -0.05) is 0 Å². The standard InChI is InChI=1S/C11H17NO/c1-11(2,10-3-4-10)12-7-9-5-6-13-8-9/h5-6,8,10,12H,3-4,7H2,1-2H3. The summed E-state index contributed by atoms with van der Waals surface area (Å²) in [7, 11) is 0. The molecule has 1 heterocycles. The topological polar surface area (TPSA) is 25.2 Å². The quantitative estimate of drug-likeness (QED) is 0.768. The van der Waals surface area contributed by atoms with Crippen LogP contribution in [-0.2, 0) is 6.54 Å². The minimum Gasteiger partial charge on any atom is -0.472 e. The van der Waals surface area contributed by atoms with Crippen molar-refractivity contribution >= 4 is 0 Å². The number of furan rings is 1. The van der Waals surface area contributed by atoms with Crippen LogP contribution in [0.5, 0.6) is 0 Å². The Bertz CT molecular complexity index is 260. The molecule has 0 amide bonds. The first kappa shape index (κ1) is 8.82. The monoisotopic (exact) mass is 179 g/mol. The van der Waals surface area contributed by atoms with Gasteiger partial charge in [-0.25, -0.2) is 0 Å². The molecule has 1 aliphatic carbocycles. The van der Waals surface area contributed by atoms with Gasteiger partial charge < -0.3 is 9.73 Å². The molecular weight excluding hydrogens is 162 g/mol. The molecule has 2 heteroatoms. The third kappa shape index (κ3) is 2.13. The summed E-state index contributed by atoms with van der Waals surface area (Å²) in [6.45, 7) is 5.48. The molecule has 72 valence electrons. The fourth-order valence-corrected chi connectivity index (χ4v) is 1.67. The molecule has 0 radical (unpaired) electrons. The van der Waals surface area contributed by atoms with Crippen molar-refractivity contribution in [2.45, 2.75) is 38.8 Å². The maximum Gasteiger partial charge on any atom is 0.0947 e. The van der Waals surface area contributed by atoms with Crippen LogP contribution in [0.25, 0.3) is 0 Å². The van der Waals surface area contributed by atoms with Gasteiger partial charge in [0.25, 0.3) is 0 Å². The molecule has 0 saturated heterocycles. The molecule has 2 rings (SSSR count). The van der Waals surface area contributed by atoms with Gasteiger partial charge >= 0.3 is 0 Å². The lowest BCUT2D eigenvalue weighted by Crippen LogP contribution is -2.40. The third-order valence-corrected chi connectivity index (χ3v) is 2.93. The smallest absolute Gasteiger partial charge is 0.0947 e. The second-order valence-corrected chi connectivity index (χ2v) is 4.48. The highest BCUT2D eigenvalue weighted by molar-refractivity contribution is 5.06. The normalized spacial score (nSPS) is 17.7. The van der Waals surface area contributed by atoms with Crippen molar-refractivity contribution in [3.05, 3.63) is 24.2 Å². The van der Waals surface area contributed by atoms with Gasteiger partial charge in [0.2, 0.25) is 0 Å². The Morgan fingerprint density at radius 1 is 1.54 bits per heavy atom. The molecule has 1 N–H and O–H groups in total. The van der Waals surface area contributed by atoms with Crippen LogP contribution in [0.3, 0.4) is 0 Å². The molecule has 1 fully saturated rings. The molecule has 1 aromatic heterocycles. The highest BCUT2D eigenvalue weighted by atomic mass is 16.3. The average molecular weight is 179 g/mol. The molecule has 0 unspecified atom stereocenters. The molecule has 0 atom stereocenters. The largest absolute Gasteiger partial charge is 0.472 e. The summed E-state index contributed by atoms with van der Waals surface area (Å²) < 4.78 is 5.02. The molecule has 1 saturated carbocycles. The predicted molar refractivity (Wildman–Crippen MR) is 52.4 cm³/mol. The zero-order chi connectivity index (χ0) is 9.31. The second-order valence-electron chi connectivity index (χ2n) is 4.48. The number of hydrogen-bond acceptors (Lipinski definition) is 2. The SMILES string of the molecule is CC(C)(NCc1ccoc1)C1CC1. The lowest BCUT2D eigenvalue weighted by molar-refractivity contribution is 0.339. The van der Waals surface area contributed by atoms with E-state index in [1.807, 2.05) is 6.07 Å². The van der Waals surface area contributed by atoms with E-state index < -0.39 is 0 Å². The summed E-state index contributed by atoms with van der Waals surface area (Å²) in [5.74, 6) is 0.874. The summed E-state index contributed by atoms with van der Waals surface area (Å²) in [4.78, 5) is 0. The number of nitrogens with one attached hydrogen (secondary N) is 1. The van der Waals surface area contributed by atoms with Gasteiger partial charge in [0.05, 0.1) is 12.5 Å². The number of rotatable bonds is 4. The Balaban J connectivity index is 1.84. The highest BCUT2D eigenvalue weighted by Gasteiger charge is 2.37. The van der Waals surface area contributed by atoms with Crippen LogP contribution < -0.4 is 5.32 Å². The maximum absolute atomic E-state index is 5.02. The van der Waals surface area contributed by atoms with Crippen LogP contribution in [0.1, 0.15) is 32.3 Å². The zero-order valence-electron chi connectivity index (χ0n) is 8.34. The van der Waals surface area contributed by atoms with Gasteiger partial charge in [-0.2, -0.15) is 0 Å². The van der Waals surface area contributed by atoms with Crippen LogP contribution in [0.2, 0.25) is 0 Å². The molecule has 0 bridgehead atoms. The van der Waals surface area contributed by atoms with E-state index in [4.69, 9.17) is 4.42 Å². The van der Waals surface area contributed by atoms with E-state index in [1.54, 1.807) is 12.5 Å². The fourth-order valence-electron chi connectivity index (χ4n) is 1.67. The predicted octanol–water partition coefficient (Wildman–Crippen LogP) is 2.56. The summed E-state index contributed by atoms with van der Waals surface area (Å²) in [6.07, 6.45) is 6.29. The van der Waals surface area contributed by atoms with Gasteiger partial charge in [-0.05, 0) is 38.7 Å². The van der Waals surface area contributed by atoms with E-state index in [-0.39, 0.29) is 5.54 Å². The second kappa shape index (κ2) is 3.18. The minimum atomic E-state index is 0.289. The van der Waals surface area contributed by atoms with Crippen molar-refractivity contribution in [1.29, 1.82) is 0 Å². The summed E-state index contributed by atoms with van der Waals surface area (Å²) in [6, 6.07) is 2.01. The van der Waals surface area contributed by atoms with Crippen molar-refractivity contribution in [3.8, 4) is 0 Å². The highest BCUT2D eigenvalue weighted by Crippen LogP contribution is 2.39. The molecule has 0 aliphatic heterocycles. The Kier molecular flexibility index (Phi) is 2.16. The Hall–Kier alpha value is -0.760. The fraction of sp³-hybridized carbons (Fsp3) is 0.636. The van der Waals surface area contributed by atoms with Crippen LogP contribution in [0.15, 0.2) is 23.0 Å². The molecule has 1 aromatic rings. The van der Waals surface area contributed by atoms with Gasteiger partial charge in [-0.15, -0.1) is 0 Å². The third-order valence-electron chi connectivity index (χ3n) is 2.93. The first-order valence-electron chi connectivity index (χ1n) is 4.94. The summed E-state index contributed by atoms with van der Waals surface area (Å²) in [5.41, 5.74) is 1.52. The van der Waals surface area contributed by atoms with Crippen molar-refractivity contribution in [2.75, 3.05) is 0 Å². The molecule has 2 nitrogen and oxygen atoms in total. The average Bonchev–Trinajstić information content (AvgIpc) is 2.82. The van der Waals surface area contributed by atoms with Gasteiger partial charge in [0, 0.05) is 17.6 Å². The minimum absolute atomic E-state index is 0.289. The van der Waals surface area contributed by atoms with Gasteiger partial charge in [0.1, 0.15) is 0 Å². The van der Waals surface area contributed by atoms with Crippen molar-refractivity contribution in [2.24, 2.45) is 5.92 Å². The molecule has 1 aliphatic rings. The lowest BCUT2D eigenvalue weighted by atomic mass is 9.98. The van der Waals surface area contributed by atoms with E-state index in [2.05, 4.69) is 19.2 Å². The van der Waals surface area contributed by atoms with Gasteiger partial charge in [-0.3, -0.25) is 0 Å². The van der Waals surface area contributed by atoms with E-state index in [9.17, 15) is 0 Å². The van der Waals surface area contributed by atoms with Crippen molar-refractivity contribution in [3.63, 3.8) is 0 Å². The first-order valence-corrected chi connectivity index (χ1v) is 4.94. The molecule has 0 spiro atoms.